The molecular formula is C48H59NO9. The van der Waals surface area contributed by atoms with E-state index in [1.165, 1.54) is 0 Å². The predicted molar refractivity (Wildman–Crippen MR) is 222 cm³/mol. The summed E-state index contributed by atoms with van der Waals surface area (Å²) >= 11 is 0. The van der Waals surface area contributed by atoms with Crippen molar-refractivity contribution in [3.63, 3.8) is 0 Å². The molecule has 1 N–H and O–H groups in total. The molecule has 2 unspecified atom stereocenters. The molecule has 2 fully saturated rings. The maximum Gasteiger partial charge on any atom is 0.408 e. The first kappa shape index (κ1) is 43.2. The van der Waals surface area contributed by atoms with Crippen molar-refractivity contribution in [2.45, 2.75) is 128 Å². The van der Waals surface area contributed by atoms with Crippen molar-refractivity contribution in [2.75, 3.05) is 6.61 Å². The van der Waals surface area contributed by atoms with Gasteiger partial charge in [-0.25, -0.2) is 4.79 Å². The Hall–Kier alpha value is -4.39. The third-order valence-corrected chi connectivity index (χ3v) is 9.82. The summed E-state index contributed by atoms with van der Waals surface area (Å²) in [5.41, 5.74) is 3.37. The predicted octanol–water partition coefficient (Wildman–Crippen LogP) is 8.72. The molecule has 0 bridgehead atoms. The highest BCUT2D eigenvalue weighted by Crippen LogP contribution is 2.34. The van der Waals surface area contributed by atoms with Gasteiger partial charge in [-0.15, -0.1) is 0 Å². The van der Waals surface area contributed by atoms with E-state index in [4.69, 9.17) is 37.9 Å². The van der Waals surface area contributed by atoms with Gasteiger partial charge in [-0.3, -0.25) is 0 Å². The van der Waals surface area contributed by atoms with Crippen molar-refractivity contribution in [3.8, 4) is 0 Å². The third-order valence-electron chi connectivity index (χ3n) is 9.82. The Kier molecular flexibility index (Phi) is 15.3. The third kappa shape index (κ3) is 13.1. The number of carbonyl (C=O) groups excluding carboxylic acids is 1. The van der Waals surface area contributed by atoms with Gasteiger partial charge >= 0.3 is 6.09 Å². The molecule has 10 nitrogen and oxygen atoms in total. The van der Waals surface area contributed by atoms with Crippen molar-refractivity contribution in [1.29, 1.82) is 0 Å². The number of hydrogen-bond acceptors (Lipinski definition) is 9. The lowest BCUT2D eigenvalue weighted by Crippen LogP contribution is -2.60. The second-order valence-electron chi connectivity index (χ2n) is 16.3. The number of alkyl carbamates (subject to hydrolysis) is 1. The first-order chi connectivity index (χ1) is 27.9. The van der Waals surface area contributed by atoms with Crippen molar-refractivity contribution in [1.82, 2.24) is 5.32 Å². The lowest BCUT2D eigenvalue weighted by Gasteiger charge is -2.45. The summed E-state index contributed by atoms with van der Waals surface area (Å²) in [6, 6.07) is 39.5. The van der Waals surface area contributed by atoms with Crippen LogP contribution in [0.4, 0.5) is 4.79 Å². The van der Waals surface area contributed by atoms with Gasteiger partial charge in [0.05, 0.1) is 45.2 Å². The zero-order valence-corrected chi connectivity index (χ0v) is 34.5. The fourth-order valence-electron chi connectivity index (χ4n) is 7.22. The smallest absolute Gasteiger partial charge is 0.408 e. The van der Waals surface area contributed by atoms with Crippen LogP contribution in [-0.4, -0.2) is 72.9 Å². The van der Waals surface area contributed by atoms with Gasteiger partial charge in [-0.2, -0.15) is 0 Å². The van der Waals surface area contributed by atoms with Crippen molar-refractivity contribution in [2.24, 2.45) is 0 Å². The first-order valence-electron chi connectivity index (χ1n) is 20.2. The maximum absolute atomic E-state index is 13.3. The summed E-state index contributed by atoms with van der Waals surface area (Å²) in [4.78, 5) is 13.3. The van der Waals surface area contributed by atoms with Crippen molar-refractivity contribution < 1.29 is 42.7 Å². The maximum atomic E-state index is 13.3. The molecule has 2 aliphatic heterocycles. The fourth-order valence-corrected chi connectivity index (χ4v) is 7.22. The molecule has 0 spiro atoms. The summed E-state index contributed by atoms with van der Waals surface area (Å²) in [6.07, 6.45) is -0.706. The van der Waals surface area contributed by atoms with Crippen LogP contribution in [0.5, 0.6) is 0 Å². The Labute approximate surface area is 343 Å². The molecule has 58 heavy (non-hydrogen) atoms. The van der Waals surface area contributed by atoms with E-state index >= 15 is 0 Å². The monoisotopic (exact) mass is 793 g/mol. The van der Waals surface area contributed by atoms with Crippen LogP contribution in [0, 0.1) is 0 Å². The molecule has 4 aromatic rings. The van der Waals surface area contributed by atoms with Crippen LogP contribution in [-0.2, 0) is 64.3 Å². The van der Waals surface area contributed by atoms with Gasteiger partial charge in [0.2, 0.25) is 0 Å². The minimum Gasteiger partial charge on any atom is -0.444 e. The lowest BCUT2D eigenvalue weighted by atomic mass is 9.93. The van der Waals surface area contributed by atoms with Crippen LogP contribution in [0.1, 0.15) is 63.8 Å². The zero-order valence-electron chi connectivity index (χ0n) is 34.5. The molecule has 2 heterocycles. The zero-order chi connectivity index (χ0) is 41.0. The van der Waals surface area contributed by atoms with Gasteiger partial charge < -0.3 is 43.2 Å². The van der Waals surface area contributed by atoms with Gasteiger partial charge in [0.25, 0.3) is 0 Å². The number of hydrogen-bond donors (Lipinski definition) is 1. The first-order valence-corrected chi connectivity index (χ1v) is 20.2. The molecule has 8 atom stereocenters. The SMILES string of the molecule is C[C@H]1OC(C)(C)O[C@H]1[C@@H](/C=C/[C@H]1OC(COCc2ccccc2)[C@H](OCc2ccccc2)[C@@H](OCc2ccccc2)C1OCc1ccccc1)NC(=O)OC(C)(C)C. The van der Waals surface area contributed by atoms with Crippen LogP contribution >= 0.6 is 0 Å². The number of ether oxygens (including phenoxy) is 8. The van der Waals surface area contributed by atoms with Crippen molar-refractivity contribution in [3.05, 3.63) is 156 Å². The normalized spacial score (nSPS) is 25.0. The summed E-state index contributed by atoms with van der Waals surface area (Å²) < 4.78 is 52.2. The van der Waals surface area contributed by atoms with E-state index in [0.29, 0.717) is 26.4 Å². The van der Waals surface area contributed by atoms with E-state index in [1.807, 2.05) is 175 Å². The molecule has 0 aromatic heterocycles. The minimum absolute atomic E-state index is 0.222. The fraction of sp³-hybridized carbons (Fsp3) is 0.438. The van der Waals surface area contributed by atoms with E-state index in [-0.39, 0.29) is 12.7 Å². The molecule has 1 amide bonds. The Balaban J connectivity index is 1.36. The average Bonchev–Trinajstić information content (AvgIpc) is 3.49. The highest BCUT2D eigenvalue weighted by molar-refractivity contribution is 5.68. The second-order valence-corrected chi connectivity index (χ2v) is 16.3. The van der Waals surface area contributed by atoms with Gasteiger partial charge in [-0.05, 0) is 63.8 Å². The molecule has 2 saturated heterocycles. The van der Waals surface area contributed by atoms with E-state index in [9.17, 15) is 4.79 Å². The highest BCUT2D eigenvalue weighted by Gasteiger charge is 2.48. The summed E-state index contributed by atoms with van der Waals surface area (Å²) in [6.45, 7) is 12.7. The largest absolute Gasteiger partial charge is 0.444 e. The molecule has 4 aromatic carbocycles. The van der Waals surface area contributed by atoms with Gasteiger partial charge in [-0.1, -0.05) is 133 Å². The molecule has 2 aliphatic rings. The standard InChI is InChI=1S/C48H59NO9/c1-34-42(57-48(5,6)56-34)39(49-46(50)58-47(2,3)4)27-28-40-43(52-30-36-21-13-8-14-22-36)45(54-32-38-25-17-10-18-26-38)44(53-31-37-23-15-9-16-24-37)41(55-40)33-51-29-35-19-11-7-12-20-35/h7-28,34,39-45H,29-33H2,1-6H3,(H,49,50)/b28-27+/t34-,39-,40-,41?,42-,43?,44+,45+/m1/s1. The molecule has 310 valence electrons. The van der Waals surface area contributed by atoms with Crippen LogP contribution in [0.25, 0.3) is 0 Å². The Morgan fingerprint density at radius 2 is 1.16 bits per heavy atom. The van der Waals surface area contributed by atoms with Gasteiger partial charge in [0, 0.05) is 0 Å². The summed E-state index contributed by atoms with van der Waals surface area (Å²) in [5, 5.41) is 3.03. The lowest BCUT2D eigenvalue weighted by molar-refractivity contribution is -0.263. The van der Waals surface area contributed by atoms with E-state index in [0.717, 1.165) is 22.3 Å². The Morgan fingerprint density at radius 1 is 0.690 bits per heavy atom. The van der Waals surface area contributed by atoms with Crippen LogP contribution in [0.3, 0.4) is 0 Å². The quantitative estimate of drug-likeness (QED) is 0.105. The molecule has 6 rings (SSSR count). The second kappa shape index (κ2) is 20.5. The average molecular weight is 794 g/mol. The highest BCUT2D eigenvalue weighted by atomic mass is 16.8. The number of amides is 1. The molecule has 0 saturated carbocycles. The van der Waals surface area contributed by atoms with Crippen LogP contribution in [0.15, 0.2) is 133 Å². The number of rotatable bonds is 17. The van der Waals surface area contributed by atoms with E-state index < -0.39 is 60.1 Å². The van der Waals surface area contributed by atoms with Gasteiger partial charge in [0.15, 0.2) is 5.79 Å². The molecular weight excluding hydrogens is 735 g/mol. The molecule has 10 heteroatoms. The van der Waals surface area contributed by atoms with Crippen molar-refractivity contribution >= 4 is 6.09 Å². The Bertz CT molecular complexity index is 1830. The van der Waals surface area contributed by atoms with Crippen LogP contribution < -0.4 is 5.32 Å². The van der Waals surface area contributed by atoms with Gasteiger partial charge in [0.1, 0.15) is 42.2 Å². The number of carbonyl (C=O) groups is 1. The van der Waals surface area contributed by atoms with E-state index in [1.54, 1.807) is 0 Å². The molecule has 0 radical (unpaired) electrons. The van der Waals surface area contributed by atoms with Crippen LogP contribution in [0.2, 0.25) is 0 Å². The van der Waals surface area contributed by atoms with E-state index in [2.05, 4.69) is 5.32 Å². The number of nitrogens with one attached hydrogen (secondary N) is 1. The minimum atomic E-state index is -0.852. The Morgan fingerprint density at radius 3 is 1.62 bits per heavy atom. The summed E-state index contributed by atoms with van der Waals surface area (Å²) in [7, 11) is 0. The topological polar surface area (TPSA) is 103 Å². The molecule has 0 aliphatic carbocycles. The number of benzene rings is 4. The summed E-state index contributed by atoms with van der Waals surface area (Å²) in [5.74, 6) is -0.852.